The molecule has 1 fully saturated rings. The quantitative estimate of drug-likeness (QED) is 0.317. The molecule has 4 aromatic rings. The first-order chi connectivity index (χ1) is 19.2. The normalized spacial score (nSPS) is 15.2. The van der Waals surface area contributed by atoms with Crippen molar-refractivity contribution in [2.24, 2.45) is 0 Å². The number of sulfone groups is 1. The van der Waals surface area contributed by atoms with E-state index < -0.39 is 19.9 Å². The van der Waals surface area contributed by atoms with Crippen LogP contribution in [0.3, 0.4) is 0 Å². The van der Waals surface area contributed by atoms with Crippen molar-refractivity contribution < 1.29 is 21.6 Å². The Bertz CT molecular complexity index is 1730. The smallest absolute Gasteiger partial charge is 0.319 e. The van der Waals surface area contributed by atoms with Crippen LogP contribution in [0.1, 0.15) is 5.69 Å². The Morgan fingerprint density at radius 1 is 0.950 bits per heavy atom. The largest absolute Gasteiger partial charge is 0.337 e. The lowest BCUT2D eigenvalue weighted by Gasteiger charge is -2.33. The number of amides is 2. The van der Waals surface area contributed by atoms with Crippen molar-refractivity contribution in [1.82, 2.24) is 19.5 Å². The lowest BCUT2D eigenvalue weighted by Crippen LogP contribution is -2.50. The molecule has 1 aliphatic rings. The molecule has 13 heteroatoms. The van der Waals surface area contributed by atoms with Gasteiger partial charge in [-0.2, -0.15) is 4.31 Å². The molecule has 40 heavy (non-hydrogen) atoms. The van der Waals surface area contributed by atoms with Crippen molar-refractivity contribution in [3.63, 3.8) is 0 Å². The van der Waals surface area contributed by atoms with Crippen molar-refractivity contribution in [1.29, 1.82) is 0 Å². The Labute approximate surface area is 237 Å². The number of carbonyl (C=O) groups excluding carboxylic acids is 1. The van der Waals surface area contributed by atoms with E-state index in [9.17, 15) is 21.6 Å². The number of hydrogen-bond acceptors (Lipinski definition) is 8. The van der Waals surface area contributed by atoms with Crippen LogP contribution < -0.4 is 10.6 Å². The third-order valence-corrected chi connectivity index (χ3v) is 12.1. The number of para-hydroxylation sites is 1. The average molecular weight is 600 g/mol. The van der Waals surface area contributed by atoms with Crippen LogP contribution in [0.15, 0.2) is 86.1 Å². The van der Waals surface area contributed by atoms with Gasteiger partial charge in [-0.1, -0.05) is 36.4 Å². The summed E-state index contributed by atoms with van der Waals surface area (Å²) in [7, 11) is -7.96. The van der Waals surface area contributed by atoms with Gasteiger partial charge in [0.05, 0.1) is 16.1 Å². The number of aromatic nitrogens is 1. The van der Waals surface area contributed by atoms with Gasteiger partial charge in [-0.25, -0.2) is 21.6 Å². The van der Waals surface area contributed by atoms with Crippen molar-refractivity contribution in [3.8, 4) is 0 Å². The molecule has 10 nitrogen and oxygen atoms in total. The zero-order valence-corrected chi connectivity index (χ0v) is 24.2. The molecule has 2 amide bonds. The summed E-state index contributed by atoms with van der Waals surface area (Å²) >= 11 is 0.911. The zero-order chi connectivity index (χ0) is 28.3. The Kier molecular flexibility index (Phi) is 8.19. The molecule has 5 rings (SSSR count). The number of urea groups is 1. The van der Waals surface area contributed by atoms with Crippen molar-refractivity contribution in [2.45, 2.75) is 20.9 Å². The summed E-state index contributed by atoms with van der Waals surface area (Å²) in [4.78, 5) is 18.9. The molecular formula is C27H29N5O5S3. The molecule has 0 saturated carbocycles. The molecule has 210 valence electrons. The summed E-state index contributed by atoms with van der Waals surface area (Å²) in [6.07, 6.45) is 0. The highest BCUT2D eigenvalue weighted by Gasteiger charge is 2.35. The first-order valence-electron chi connectivity index (χ1n) is 12.7. The van der Waals surface area contributed by atoms with E-state index in [0.29, 0.717) is 31.9 Å². The molecule has 0 unspecified atom stereocenters. The maximum absolute atomic E-state index is 13.4. The lowest BCUT2D eigenvalue weighted by molar-refractivity contribution is 0.189. The number of nitrogens with one attached hydrogen (secondary N) is 2. The van der Waals surface area contributed by atoms with Gasteiger partial charge in [0.2, 0.25) is 9.84 Å². The Morgan fingerprint density at radius 2 is 1.65 bits per heavy atom. The second-order valence-corrected chi connectivity index (χ2v) is 14.3. The lowest BCUT2D eigenvalue weighted by atomic mass is 10.1. The average Bonchev–Trinajstić information content (AvgIpc) is 3.46. The van der Waals surface area contributed by atoms with Crippen LogP contribution in [0.25, 0.3) is 10.9 Å². The van der Waals surface area contributed by atoms with Gasteiger partial charge in [-0.3, -0.25) is 9.88 Å². The fourth-order valence-corrected chi connectivity index (χ4v) is 9.74. The number of anilines is 1. The van der Waals surface area contributed by atoms with Crippen LogP contribution in [-0.4, -0.2) is 76.3 Å². The first kappa shape index (κ1) is 28.2. The summed E-state index contributed by atoms with van der Waals surface area (Å²) in [6.45, 7) is 4.16. The van der Waals surface area contributed by atoms with E-state index in [-0.39, 0.29) is 33.1 Å². The number of rotatable bonds is 8. The van der Waals surface area contributed by atoms with Crippen LogP contribution in [0.2, 0.25) is 0 Å². The van der Waals surface area contributed by atoms with Crippen LogP contribution in [0.5, 0.6) is 0 Å². The van der Waals surface area contributed by atoms with E-state index >= 15 is 0 Å². The number of sulfonamides is 1. The number of carbonyl (C=O) groups is 1. The molecule has 0 atom stereocenters. The molecule has 2 aromatic heterocycles. The zero-order valence-electron chi connectivity index (χ0n) is 21.8. The third-order valence-electron chi connectivity index (χ3n) is 6.65. The van der Waals surface area contributed by atoms with Crippen LogP contribution in [0, 0.1) is 6.92 Å². The molecule has 1 aliphatic heterocycles. The molecule has 0 bridgehead atoms. The van der Waals surface area contributed by atoms with Gasteiger partial charge in [0.1, 0.15) is 4.90 Å². The van der Waals surface area contributed by atoms with Gasteiger partial charge < -0.3 is 10.6 Å². The van der Waals surface area contributed by atoms with E-state index in [2.05, 4.69) is 20.5 Å². The second kappa shape index (κ2) is 11.6. The van der Waals surface area contributed by atoms with Gasteiger partial charge in [0.25, 0.3) is 10.0 Å². The predicted molar refractivity (Wildman–Crippen MR) is 155 cm³/mol. The number of fused-ring (bicyclic) bond motifs is 1. The van der Waals surface area contributed by atoms with E-state index in [4.69, 9.17) is 0 Å². The molecular weight excluding hydrogens is 571 g/mol. The highest BCUT2D eigenvalue weighted by Crippen LogP contribution is 2.33. The second-order valence-electron chi connectivity index (χ2n) is 9.34. The predicted octanol–water partition coefficient (Wildman–Crippen LogP) is 3.57. The molecule has 2 N–H and O–H groups in total. The van der Waals surface area contributed by atoms with E-state index in [1.807, 2.05) is 37.3 Å². The fourth-order valence-electron chi connectivity index (χ4n) is 4.61. The minimum absolute atomic E-state index is 0.0541. The third kappa shape index (κ3) is 5.88. The SMILES string of the molecule is Cc1cc(NC(=O)NCCN2CCN(S(=O)(=O)c3sccc3S(=O)(=O)c3ccccc3)CC2)c2ccccc2n1. The number of nitrogens with zero attached hydrogens (tertiary/aromatic N) is 3. The number of hydrogen-bond donors (Lipinski definition) is 2. The molecule has 3 heterocycles. The van der Waals surface area contributed by atoms with E-state index in [1.165, 1.54) is 27.9 Å². The van der Waals surface area contributed by atoms with Crippen LogP contribution in [0.4, 0.5) is 10.5 Å². The van der Waals surface area contributed by atoms with E-state index in [1.54, 1.807) is 18.2 Å². The Hall–Kier alpha value is -3.36. The standard InChI is InChI=1S/C27H29N5O5S3/c1-20-19-24(22-9-5-6-10-23(22)29-20)30-27(33)28-12-13-31-14-16-32(17-15-31)40(36,37)26-25(11-18-38-26)39(34,35)21-7-3-2-4-8-21/h2-11,18-19H,12-17H2,1H3,(H2,28,29,30,33). The van der Waals surface area contributed by atoms with Gasteiger partial charge in [-0.05, 0) is 42.6 Å². The maximum atomic E-state index is 13.4. The molecule has 0 radical (unpaired) electrons. The monoisotopic (exact) mass is 599 g/mol. The van der Waals surface area contributed by atoms with E-state index in [0.717, 1.165) is 27.9 Å². The van der Waals surface area contributed by atoms with Crippen molar-refractivity contribution >= 4 is 53.8 Å². The number of thiophene rings is 1. The Morgan fingerprint density at radius 3 is 2.40 bits per heavy atom. The van der Waals surface area contributed by atoms with Gasteiger partial charge in [0, 0.05) is 50.3 Å². The summed E-state index contributed by atoms with van der Waals surface area (Å²) in [6, 6.07) is 18.3. The topological polar surface area (TPSA) is 129 Å². The molecule has 0 spiro atoms. The van der Waals surface area contributed by atoms with Crippen molar-refractivity contribution in [3.05, 3.63) is 77.8 Å². The molecule has 1 saturated heterocycles. The van der Waals surface area contributed by atoms with Crippen LogP contribution in [-0.2, 0) is 19.9 Å². The summed E-state index contributed by atoms with van der Waals surface area (Å²) in [5, 5.41) is 8.09. The maximum Gasteiger partial charge on any atom is 0.319 e. The van der Waals surface area contributed by atoms with Crippen LogP contribution >= 0.6 is 11.3 Å². The molecule has 0 aliphatic carbocycles. The summed E-state index contributed by atoms with van der Waals surface area (Å²) < 4.78 is 54.3. The van der Waals surface area contributed by atoms with Gasteiger partial charge in [-0.15, -0.1) is 11.3 Å². The molecule has 2 aromatic carbocycles. The fraction of sp³-hybridized carbons (Fsp3) is 0.259. The van der Waals surface area contributed by atoms with Gasteiger partial charge >= 0.3 is 6.03 Å². The highest BCUT2D eigenvalue weighted by molar-refractivity contribution is 7.94. The summed E-state index contributed by atoms with van der Waals surface area (Å²) in [5.41, 5.74) is 2.29. The minimum Gasteiger partial charge on any atom is -0.337 e. The number of aryl methyl sites for hydroxylation is 1. The number of pyridine rings is 1. The minimum atomic E-state index is -3.99. The number of piperazine rings is 1. The van der Waals surface area contributed by atoms with Crippen molar-refractivity contribution in [2.75, 3.05) is 44.6 Å². The highest BCUT2D eigenvalue weighted by atomic mass is 32.2. The number of benzene rings is 2. The summed E-state index contributed by atoms with van der Waals surface area (Å²) in [5.74, 6) is 0. The first-order valence-corrected chi connectivity index (χ1v) is 16.5. The Balaban J connectivity index is 1.15. The van der Waals surface area contributed by atoms with Gasteiger partial charge in [0.15, 0.2) is 4.21 Å².